The summed E-state index contributed by atoms with van der Waals surface area (Å²) in [6, 6.07) is 4.92. The van der Waals surface area contributed by atoms with E-state index in [1.54, 1.807) is 18.2 Å². The van der Waals surface area contributed by atoms with Crippen LogP contribution in [0, 0.1) is 0 Å². The molecular formula is C15H21BrN2O3S. The second-order valence-electron chi connectivity index (χ2n) is 5.03. The fourth-order valence-corrected chi connectivity index (χ4v) is 2.40. The zero-order valence-corrected chi connectivity index (χ0v) is 15.3. The van der Waals surface area contributed by atoms with Crippen molar-refractivity contribution in [1.82, 2.24) is 10.6 Å². The maximum absolute atomic E-state index is 12.1. The van der Waals surface area contributed by atoms with Gasteiger partial charge in [-0.15, -0.1) is 0 Å². The summed E-state index contributed by atoms with van der Waals surface area (Å²) >= 11 is 8.45. The highest BCUT2D eigenvalue weighted by atomic mass is 79.9. The van der Waals surface area contributed by atoms with Crippen molar-refractivity contribution in [3.05, 3.63) is 28.2 Å². The lowest BCUT2D eigenvalue weighted by atomic mass is 10.2. The lowest BCUT2D eigenvalue weighted by Crippen LogP contribution is -2.45. The van der Waals surface area contributed by atoms with Crippen LogP contribution in [0.15, 0.2) is 22.7 Å². The first kappa shape index (κ1) is 18.9. The number of ether oxygens (including phenoxy) is 1. The van der Waals surface area contributed by atoms with Crippen LogP contribution in [0.3, 0.4) is 0 Å². The van der Waals surface area contributed by atoms with Crippen molar-refractivity contribution in [2.24, 2.45) is 0 Å². The Bertz CT molecular complexity index is 534. The molecule has 1 unspecified atom stereocenters. The van der Waals surface area contributed by atoms with Crippen LogP contribution in [0.2, 0.25) is 0 Å². The van der Waals surface area contributed by atoms with Gasteiger partial charge in [0, 0.05) is 5.56 Å². The maximum atomic E-state index is 12.1. The molecular weight excluding hydrogens is 368 g/mol. The molecule has 7 heteroatoms. The van der Waals surface area contributed by atoms with Crippen LogP contribution in [0.1, 0.15) is 37.6 Å². The average molecular weight is 389 g/mol. The number of nitrogens with one attached hydrogen (secondary N) is 2. The van der Waals surface area contributed by atoms with Gasteiger partial charge in [0.15, 0.2) is 5.11 Å². The molecule has 1 aromatic carbocycles. The summed E-state index contributed by atoms with van der Waals surface area (Å²) in [7, 11) is 0. The van der Waals surface area contributed by atoms with Gasteiger partial charge in [-0.2, -0.15) is 0 Å². The summed E-state index contributed by atoms with van der Waals surface area (Å²) in [4.78, 5) is 12.1. The molecule has 0 saturated heterocycles. The topological polar surface area (TPSA) is 70.6 Å². The predicted molar refractivity (Wildman–Crippen MR) is 94.3 cm³/mol. The van der Waals surface area contributed by atoms with Crippen molar-refractivity contribution >= 4 is 39.2 Å². The molecule has 0 heterocycles. The molecule has 0 saturated carbocycles. The number of hydrogen-bond donors (Lipinski definition) is 3. The summed E-state index contributed by atoms with van der Waals surface area (Å²) in [6.07, 6.45) is 0.761. The first-order chi connectivity index (χ1) is 10.4. The Labute approximate surface area is 144 Å². The highest BCUT2D eigenvalue weighted by Crippen LogP contribution is 2.26. The molecule has 0 aromatic heterocycles. The van der Waals surface area contributed by atoms with Crippen LogP contribution < -0.4 is 15.4 Å². The van der Waals surface area contributed by atoms with Gasteiger partial charge in [-0.3, -0.25) is 10.1 Å². The van der Waals surface area contributed by atoms with Crippen LogP contribution in [-0.2, 0) is 0 Å². The van der Waals surface area contributed by atoms with Crippen LogP contribution in [0.4, 0.5) is 0 Å². The van der Waals surface area contributed by atoms with Crippen molar-refractivity contribution < 1.29 is 14.6 Å². The van der Waals surface area contributed by atoms with E-state index in [0.717, 1.165) is 0 Å². The predicted octanol–water partition coefficient (Wildman–Crippen LogP) is 2.61. The molecule has 1 aromatic rings. The molecule has 1 amide bonds. The van der Waals surface area contributed by atoms with E-state index in [9.17, 15) is 4.79 Å². The van der Waals surface area contributed by atoms with Gasteiger partial charge in [-0.25, -0.2) is 0 Å². The van der Waals surface area contributed by atoms with E-state index in [2.05, 4.69) is 26.6 Å². The molecule has 1 atom stereocenters. The Kier molecular flexibility index (Phi) is 7.78. The lowest BCUT2D eigenvalue weighted by molar-refractivity contribution is 0.0976. The summed E-state index contributed by atoms with van der Waals surface area (Å²) in [5.41, 5.74) is 0.462. The lowest BCUT2D eigenvalue weighted by Gasteiger charge is -2.17. The zero-order chi connectivity index (χ0) is 16.7. The molecule has 0 aliphatic rings. The molecule has 0 aliphatic carbocycles. The van der Waals surface area contributed by atoms with Gasteiger partial charge < -0.3 is 15.2 Å². The second kappa shape index (κ2) is 9.07. The van der Waals surface area contributed by atoms with Crippen LogP contribution in [-0.4, -0.2) is 34.9 Å². The van der Waals surface area contributed by atoms with Crippen molar-refractivity contribution in [3.8, 4) is 5.75 Å². The van der Waals surface area contributed by atoms with Crippen LogP contribution in [0.5, 0.6) is 5.75 Å². The molecule has 0 radical (unpaired) electrons. The summed E-state index contributed by atoms with van der Waals surface area (Å²) < 4.78 is 6.30. The Balaban J connectivity index is 2.70. The normalized spacial score (nSPS) is 11.9. The van der Waals surface area contributed by atoms with Crippen molar-refractivity contribution in [1.29, 1.82) is 0 Å². The number of benzene rings is 1. The fraction of sp³-hybridized carbons (Fsp3) is 0.467. The van der Waals surface area contributed by atoms with Crippen molar-refractivity contribution in [2.45, 2.75) is 39.3 Å². The number of thiocarbonyl (C=S) groups is 1. The smallest absolute Gasteiger partial charge is 0.257 e. The molecule has 122 valence electrons. The molecule has 22 heavy (non-hydrogen) atoms. The third-order valence-electron chi connectivity index (χ3n) is 2.83. The van der Waals surface area contributed by atoms with Gasteiger partial charge in [0.05, 0.1) is 23.2 Å². The van der Waals surface area contributed by atoms with Gasteiger partial charge in [-0.1, -0.05) is 6.92 Å². The molecule has 5 nitrogen and oxygen atoms in total. The molecule has 0 fully saturated rings. The van der Waals surface area contributed by atoms with Crippen LogP contribution >= 0.6 is 28.1 Å². The maximum Gasteiger partial charge on any atom is 0.257 e. The highest BCUT2D eigenvalue weighted by molar-refractivity contribution is 9.10. The standard InChI is InChI=1S/C15H21BrN2O3S/c1-4-11(8-19)17-15(22)18-14(20)10-5-6-13(12(16)7-10)21-9(2)3/h5-7,9,11,19H,4,8H2,1-3H3,(H2,17,18,20,22). The van der Waals surface area contributed by atoms with E-state index < -0.39 is 0 Å². The first-order valence-electron chi connectivity index (χ1n) is 7.06. The minimum Gasteiger partial charge on any atom is -0.490 e. The molecule has 1 rings (SSSR count). The summed E-state index contributed by atoms with van der Waals surface area (Å²) in [5, 5.41) is 14.8. The first-order valence-corrected chi connectivity index (χ1v) is 8.26. The SMILES string of the molecule is CCC(CO)NC(=S)NC(=O)c1ccc(OC(C)C)c(Br)c1. The molecule has 0 aliphatic heterocycles. The number of rotatable bonds is 6. The van der Waals surface area contributed by atoms with E-state index in [-0.39, 0.29) is 29.8 Å². The Morgan fingerprint density at radius 3 is 2.64 bits per heavy atom. The van der Waals surface area contributed by atoms with E-state index >= 15 is 0 Å². The summed E-state index contributed by atoms with van der Waals surface area (Å²) in [6.45, 7) is 5.74. The highest BCUT2D eigenvalue weighted by Gasteiger charge is 2.13. The van der Waals surface area contributed by atoms with E-state index in [0.29, 0.717) is 22.2 Å². The van der Waals surface area contributed by atoms with Gasteiger partial charge >= 0.3 is 0 Å². The summed E-state index contributed by atoms with van der Waals surface area (Å²) in [5.74, 6) is 0.362. The molecule has 3 N–H and O–H groups in total. The minimum atomic E-state index is -0.318. The second-order valence-corrected chi connectivity index (χ2v) is 6.29. The molecule has 0 bridgehead atoms. The monoisotopic (exact) mass is 388 g/mol. The number of halogens is 1. The van der Waals surface area contributed by atoms with Gasteiger partial charge in [0.25, 0.3) is 5.91 Å². The van der Waals surface area contributed by atoms with Gasteiger partial charge in [0.2, 0.25) is 0 Å². The number of carbonyl (C=O) groups excluding carboxylic acids is 1. The number of aliphatic hydroxyl groups excluding tert-OH is 1. The van der Waals surface area contributed by atoms with E-state index in [4.69, 9.17) is 22.1 Å². The number of aliphatic hydroxyl groups is 1. The van der Waals surface area contributed by atoms with Gasteiger partial charge in [0.1, 0.15) is 5.75 Å². The average Bonchev–Trinajstić information content (AvgIpc) is 2.46. The van der Waals surface area contributed by atoms with E-state index in [1.807, 2.05) is 20.8 Å². The van der Waals surface area contributed by atoms with Gasteiger partial charge in [-0.05, 0) is 66.6 Å². The van der Waals surface area contributed by atoms with Crippen molar-refractivity contribution in [3.63, 3.8) is 0 Å². The third kappa shape index (κ3) is 5.90. The van der Waals surface area contributed by atoms with Crippen LogP contribution in [0.25, 0.3) is 0 Å². The number of amides is 1. The number of hydrogen-bond acceptors (Lipinski definition) is 4. The Morgan fingerprint density at radius 1 is 1.45 bits per heavy atom. The Morgan fingerprint density at radius 2 is 2.14 bits per heavy atom. The van der Waals surface area contributed by atoms with E-state index in [1.165, 1.54) is 0 Å². The number of carbonyl (C=O) groups is 1. The largest absolute Gasteiger partial charge is 0.490 e. The van der Waals surface area contributed by atoms with Crippen molar-refractivity contribution in [2.75, 3.05) is 6.61 Å². The zero-order valence-electron chi connectivity index (χ0n) is 12.9. The third-order valence-corrected chi connectivity index (χ3v) is 3.67. The molecule has 0 spiro atoms. The Hall–Kier alpha value is -1.18. The quantitative estimate of drug-likeness (QED) is 0.653. The minimum absolute atomic E-state index is 0.0424. The fourth-order valence-electron chi connectivity index (χ4n) is 1.67.